The number of carbonyl (C=O) groups is 1. The lowest BCUT2D eigenvalue weighted by molar-refractivity contribution is -0.142. The van der Waals surface area contributed by atoms with E-state index in [2.05, 4.69) is 11.4 Å². The molecule has 0 spiro atoms. The number of rotatable bonds is 2. The molecule has 1 aromatic carbocycles. The maximum absolute atomic E-state index is 11.7. The number of carbonyl (C=O) groups excluding carboxylic acids is 1. The summed E-state index contributed by atoms with van der Waals surface area (Å²) in [5.74, 6) is 1.01. The summed E-state index contributed by atoms with van der Waals surface area (Å²) < 4.78 is 15.4. The number of nitrogens with zero attached hydrogens (tertiary/aromatic N) is 1. The second kappa shape index (κ2) is 4.93. The van der Waals surface area contributed by atoms with Crippen molar-refractivity contribution in [1.29, 1.82) is 5.26 Å². The minimum absolute atomic E-state index is 0.206. The summed E-state index contributed by atoms with van der Waals surface area (Å²) in [5, 5.41) is 12.7. The van der Waals surface area contributed by atoms with E-state index in [1.165, 1.54) is 7.11 Å². The van der Waals surface area contributed by atoms with Crippen molar-refractivity contribution in [3.63, 3.8) is 0 Å². The normalized spacial score (nSPS) is 30.0. The van der Waals surface area contributed by atoms with E-state index < -0.39 is 11.5 Å². The second-order valence-electron chi connectivity index (χ2n) is 5.52. The Morgan fingerprint density at radius 3 is 2.95 bits per heavy atom. The molecule has 1 saturated heterocycles. The highest BCUT2D eigenvalue weighted by Crippen LogP contribution is 2.45. The minimum Gasteiger partial charge on any atom is -0.468 e. The third-order valence-electron chi connectivity index (χ3n) is 4.10. The Hall–Kier alpha value is -2.26. The van der Waals surface area contributed by atoms with Crippen LogP contribution in [0.4, 0.5) is 0 Å². The molecule has 0 amide bonds. The van der Waals surface area contributed by atoms with E-state index in [0.29, 0.717) is 17.9 Å². The van der Waals surface area contributed by atoms with E-state index in [1.807, 2.05) is 25.1 Å². The first-order valence-electron chi connectivity index (χ1n) is 6.72. The number of esters is 1. The first-order chi connectivity index (χ1) is 10.1. The fourth-order valence-electron chi connectivity index (χ4n) is 2.95. The molecule has 1 aromatic rings. The van der Waals surface area contributed by atoms with E-state index in [9.17, 15) is 10.1 Å². The Kier molecular flexibility index (Phi) is 3.22. The zero-order valence-corrected chi connectivity index (χ0v) is 11.9. The van der Waals surface area contributed by atoms with Gasteiger partial charge >= 0.3 is 5.97 Å². The molecule has 21 heavy (non-hydrogen) atoms. The van der Waals surface area contributed by atoms with E-state index in [0.717, 1.165) is 5.56 Å². The van der Waals surface area contributed by atoms with Crippen LogP contribution in [0, 0.1) is 16.7 Å². The van der Waals surface area contributed by atoms with Crippen LogP contribution < -0.4 is 14.8 Å². The number of benzene rings is 1. The lowest BCUT2D eigenvalue weighted by atomic mass is 9.80. The Bertz CT molecular complexity index is 625. The first kappa shape index (κ1) is 13.7. The molecule has 0 unspecified atom stereocenters. The van der Waals surface area contributed by atoms with Crippen LogP contribution in [-0.4, -0.2) is 25.9 Å². The first-order valence-corrected chi connectivity index (χ1v) is 6.72. The Balaban J connectivity index is 1.93. The van der Waals surface area contributed by atoms with Gasteiger partial charge in [-0.3, -0.25) is 10.1 Å². The molecule has 0 radical (unpaired) electrons. The Morgan fingerprint density at radius 2 is 2.24 bits per heavy atom. The number of hydrogen-bond acceptors (Lipinski definition) is 6. The quantitative estimate of drug-likeness (QED) is 0.831. The molecule has 0 bridgehead atoms. The average molecular weight is 288 g/mol. The predicted octanol–water partition coefficient (Wildman–Crippen LogP) is 1.52. The molecular formula is C15H16N2O4. The van der Waals surface area contributed by atoms with Crippen molar-refractivity contribution >= 4 is 5.97 Å². The average Bonchev–Trinajstić information content (AvgIpc) is 3.10. The molecule has 3 atom stereocenters. The molecule has 1 N–H and O–H groups in total. The summed E-state index contributed by atoms with van der Waals surface area (Å²) >= 11 is 0. The maximum Gasteiger partial charge on any atom is 0.322 e. The summed E-state index contributed by atoms with van der Waals surface area (Å²) in [6.45, 7) is 2.05. The summed E-state index contributed by atoms with van der Waals surface area (Å²) in [6, 6.07) is 7.15. The molecule has 6 nitrogen and oxygen atoms in total. The van der Waals surface area contributed by atoms with E-state index in [1.54, 1.807) is 0 Å². The number of nitriles is 1. The third kappa shape index (κ3) is 2.20. The van der Waals surface area contributed by atoms with E-state index in [-0.39, 0.29) is 18.8 Å². The predicted molar refractivity (Wildman–Crippen MR) is 72.6 cm³/mol. The molecule has 2 aliphatic heterocycles. The van der Waals surface area contributed by atoms with Gasteiger partial charge in [0.2, 0.25) is 6.79 Å². The smallest absolute Gasteiger partial charge is 0.322 e. The molecule has 0 aromatic heterocycles. The fraction of sp³-hybridized carbons (Fsp3) is 0.467. The van der Waals surface area contributed by atoms with Gasteiger partial charge in [0.15, 0.2) is 11.5 Å². The summed E-state index contributed by atoms with van der Waals surface area (Å²) in [6.07, 6.45) is 0.412. The number of methoxy groups -OCH3 is 1. The highest BCUT2D eigenvalue weighted by atomic mass is 16.7. The van der Waals surface area contributed by atoms with Crippen molar-refractivity contribution < 1.29 is 19.0 Å². The van der Waals surface area contributed by atoms with Crippen LogP contribution in [-0.2, 0) is 9.53 Å². The molecule has 110 valence electrons. The van der Waals surface area contributed by atoms with Gasteiger partial charge in [-0.25, -0.2) is 0 Å². The molecule has 2 aliphatic rings. The van der Waals surface area contributed by atoms with Gasteiger partial charge in [-0.1, -0.05) is 6.07 Å². The van der Waals surface area contributed by atoms with Gasteiger partial charge in [0, 0.05) is 0 Å². The van der Waals surface area contributed by atoms with Gasteiger partial charge in [0.25, 0.3) is 0 Å². The van der Waals surface area contributed by atoms with Crippen molar-refractivity contribution in [2.45, 2.75) is 25.4 Å². The van der Waals surface area contributed by atoms with Gasteiger partial charge in [-0.2, -0.15) is 5.26 Å². The van der Waals surface area contributed by atoms with E-state index in [4.69, 9.17) is 14.2 Å². The van der Waals surface area contributed by atoms with Gasteiger partial charge in [0.05, 0.1) is 24.6 Å². The van der Waals surface area contributed by atoms with Crippen LogP contribution in [0.2, 0.25) is 0 Å². The third-order valence-corrected chi connectivity index (χ3v) is 4.10. The van der Waals surface area contributed by atoms with Crippen LogP contribution in [0.15, 0.2) is 18.2 Å². The molecule has 3 rings (SSSR count). The Labute approximate surface area is 122 Å². The minimum atomic E-state index is -0.688. The van der Waals surface area contributed by atoms with Crippen molar-refractivity contribution in [2.24, 2.45) is 5.41 Å². The van der Waals surface area contributed by atoms with Gasteiger partial charge in [0.1, 0.15) is 6.04 Å². The molecular weight excluding hydrogens is 272 g/mol. The molecule has 2 heterocycles. The molecule has 0 saturated carbocycles. The highest BCUT2D eigenvalue weighted by Gasteiger charge is 2.47. The fourth-order valence-corrected chi connectivity index (χ4v) is 2.95. The summed E-state index contributed by atoms with van der Waals surface area (Å²) in [5.41, 5.74) is 0.210. The number of fused-ring (bicyclic) bond motifs is 1. The lowest BCUT2D eigenvalue weighted by Crippen LogP contribution is -2.33. The second-order valence-corrected chi connectivity index (χ2v) is 5.52. The van der Waals surface area contributed by atoms with Crippen molar-refractivity contribution in [3.8, 4) is 17.6 Å². The van der Waals surface area contributed by atoms with Crippen molar-refractivity contribution in [2.75, 3.05) is 13.9 Å². The van der Waals surface area contributed by atoms with Gasteiger partial charge in [-0.05, 0) is 31.0 Å². The number of hydrogen-bond donors (Lipinski definition) is 1. The van der Waals surface area contributed by atoms with Gasteiger partial charge < -0.3 is 14.2 Å². The lowest BCUT2D eigenvalue weighted by Gasteiger charge is -2.23. The molecule has 1 fully saturated rings. The Morgan fingerprint density at radius 1 is 1.48 bits per heavy atom. The molecule has 0 aliphatic carbocycles. The van der Waals surface area contributed by atoms with E-state index >= 15 is 0 Å². The van der Waals surface area contributed by atoms with Crippen LogP contribution in [0.25, 0.3) is 0 Å². The molecule has 6 heteroatoms. The van der Waals surface area contributed by atoms with Crippen LogP contribution in [0.3, 0.4) is 0 Å². The zero-order chi connectivity index (χ0) is 15.0. The van der Waals surface area contributed by atoms with Crippen molar-refractivity contribution in [1.82, 2.24) is 5.32 Å². The van der Waals surface area contributed by atoms with Crippen molar-refractivity contribution in [3.05, 3.63) is 23.8 Å². The summed E-state index contributed by atoms with van der Waals surface area (Å²) in [7, 11) is 1.35. The standard InChI is InChI=1S/C15H16N2O4/c1-15(7-16)6-10(14(18)19-2)17-13(15)9-3-4-11-12(5-9)21-8-20-11/h3-5,10,13,17H,6,8H2,1-2H3/t10-,13-,15+/m0/s1. The van der Waals surface area contributed by atoms with Crippen LogP contribution >= 0.6 is 0 Å². The highest BCUT2D eigenvalue weighted by molar-refractivity contribution is 5.76. The topological polar surface area (TPSA) is 80.6 Å². The van der Waals surface area contributed by atoms with Crippen LogP contribution in [0.1, 0.15) is 24.9 Å². The zero-order valence-electron chi connectivity index (χ0n) is 11.9. The largest absolute Gasteiger partial charge is 0.468 e. The SMILES string of the molecule is COC(=O)[C@@H]1C[C@](C)(C#N)[C@H](c2ccc3c(c2)OCO3)N1. The summed E-state index contributed by atoms with van der Waals surface area (Å²) in [4.78, 5) is 11.7. The van der Waals surface area contributed by atoms with Gasteiger partial charge in [-0.15, -0.1) is 0 Å². The number of nitrogens with one attached hydrogen (secondary N) is 1. The monoisotopic (exact) mass is 288 g/mol. The number of ether oxygens (including phenoxy) is 3. The maximum atomic E-state index is 11.7. The van der Waals surface area contributed by atoms with Crippen LogP contribution in [0.5, 0.6) is 11.5 Å².